The lowest BCUT2D eigenvalue weighted by Crippen LogP contribution is -2.42. The molecule has 0 aliphatic carbocycles. The van der Waals surface area contributed by atoms with Crippen molar-refractivity contribution in [2.45, 2.75) is 25.9 Å². The van der Waals surface area contributed by atoms with Crippen molar-refractivity contribution in [1.29, 1.82) is 0 Å². The van der Waals surface area contributed by atoms with Crippen LogP contribution in [0.2, 0.25) is 0 Å². The molecule has 0 radical (unpaired) electrons. The van der Waals surface area contributed by atoms with Crippen molar-refractivity contribution in [3.63, 3.8) is 0 Å². The molecule has 0 bridgehead atoms. The number of nitrogens with zero attached hydrogens (tertiary/aromatic N) is 1. The molecule has 1 aliphatic rings. The highest BCUT2D eigenvalue weighted by Crippen LogP contribution is 2.23. The Morgan fingerprint density at radius 3 is 2.58 bits per heavy atom. The zero-order valence-corrected chi connectivity index (χ0v) is 13.9. The summed E-state index contributed by atoms with van der Waals surface area (Å²) < 4.78 is 18.8. The predicted molar refractivity (Wildman–Crippen MR) is 91.2 cm³/mol. The van der Waals surface area contributed by atoms with Crippen molar-refractivity contribution in [1.82, 2.24) is 4.90 Å². The number of morpholine rings is 1. The first-order valence-electron chi connectivity index (χ1n) is 8.32. The van der Waals surface area contributed by atoms with Gasteiger partial charge >= 0.3 is 0 Å². The Morgan fingerprint density at radius 2 is 1.88 bits per heavy atom. The lowest BCUT2D eigenvalue weighted by molar-refractivity contribution is -0.139. The first-order valence-corrected chi connectivity index (χ1v) is 8.32. The molecule has 0 saturated carbocycles. The molecule has 1 unspecified atom stereocenters. The Bertz CT molecular complexity index is 682. The summed E-state index contributed by atoms with van der Waals surface area (Å²) in [6, 6.07) is 14.6. The summed E-state index contributed by atoms with van der Waals surface area (Å²) in [6.07, 6.45) is 1.07. The van der Waals surface area contributed by atoms with Gasteiger partial charge in [-0.25, -0.2) is 4.39 Å². The van der Waals surface area contributed by atoms with Gasteiger partial charge in [-0.15, -0.1) is 0 Å². The number of amides is 1. The second kappa shape index (κ2) is 7.58. The third-order valence-electron chi connectivity index (χ3n) is 4.41. The molecule has 1 amide bonds. The van der Waals surface area contributed by atoms with E-state index in [-0.39, 0.29) is 17.8 Å². The maximum Gasteiger partial charge on any atom is 0.223 e. The van der Waals surface area contributed by atoms with E-state index in [0.717, 1.165) is 12.0 Å². The van der Waals surface area contributed by atoms with Gasteiger partial charge in [0.1, 0.15) is 11.9 Å². The average Bonchev–Trinajstić information content (AvgIpc) is 2.62. The molecule has 1 heterocycles. The predicted octanol–water partition coefficient (Wildman–Crippen LogP) is 3.67. The third-order valence-corrected chi connectivity index (χ3v) is 4.41. The summed E-state index contributed by atoms with van der Waals surface area (Å²) in [5.74, 6) is -0.119. The number of hydrogen-bond acceptors (Lipinski definition) is 2. The van der Waals surface area contributed by atoms with Crippen molar-refractivity contribution in [2.75, 3.05) is 19.7 Å². The Labute approximate surface area is 142 Å². The second-order valence-corrected chi connectivity index (χ2v) is 6.24. The topological polar surface area (TPSA) is 29.5 Å². The highest BCUT2D eigenvalue weighted by atomic mass is 19.1. The second-order valence-electron chi connectivity index (χ2n) is 6.24. The van der Waals surface area contributed by atoms with Crippen LogP contribution in [0.3, 0.4) is 0 Å². The first kappa shape index (κ1) is 16.7. The smallest absolute Gasteiger partial charge is 0.223 e. The summed E-state index contributed by atoms with van der Waals surface area (Å²) in [4.78, 5) is 14.3. The van der Waals surface area contributed by atoms with Gasteiger partial charge in [-0.05, 0) is 36.6 Å². The van der Waals surface area contributed by atoms with E-state index in [1.165, 1.54) is 23.3 Å². The van der Waals surface area contributed by atoms with Crippen LogP contribution in [-0.2, 0) is 16.0 Å². The number of halogens is 1. The van der Waals surface area contributed by atoms with Crippen molar-refractivity contribution in [2.24, 2.45) is 0 Å². The van der Waals surface area contributed by atoms with Gasteiger partial charge in [-0.3, -0.25) is 4.79 Å². The number of ether oxygens (including phenoxy) is 1. The van der Waals surface area contributed by atoms with E-state index in [1.807, 2.05) is 4.90 Å². The fourth-order valence-corrected chi connectivity index (χ4v) is 2.92. The van der Waals surface area contributed by atoms with Crippen LogP contribution in [0.15, 0.2) is 48.5 Å². The maximum absolute atomic E-state index is 13.0. The quantitative estimate of drug-likeness (QED) is 0.857. The molecule has 24 heavy (non-hydrogen) atoms. The fraction of sp³-hybridized carbons (Fsp3) is 0.350. The molecule has 1 fully saturated rings. The van der Waals surface area contributed by atoms with E-state index in [2.05, 4.69) is 31.2 Å². The van der Waals surface area contributed by atoms with Gasteiger partial charge in [0.05, 0.1) is 13.2 Å². The number of hydrogen-bond donors (Lipinski definition) is 0. The first-order chi connectivity index (χ1) is 11.6. The Balaban J connectivity index is 1.56. The van der Waals surface area contributed by atoms with E-state index >= 15 is 0 Å². The monoisotopic (exact) mass is 327 g/mol. The van der Waals surface area contributed by atoms with Crippen molar-refractivity contribution >= 4 is 5.91 Å². The summed E-state index contributed by atoms with van der Waals surface area (Å²) in [5, 5.41) is 0. The molecule has 4 heteroatoms. The normalized spacial score (nSPS) is 17.8. The number of benzene rings is 2. The van der Waals surface area contributed by atoms with Crippen LogP contribution < -0.4 is 0 Å². The zero-order valence-electron chi connectivity index (χ0n) is 13.9. The van der Waals surface area contributed by atoms with E-state index in [1.54, 1.807) is 12.1 Å². The van der Waals surface area contributed by atoms with Crippen LogP contribution in [-0.4, -0.2) is 30.5 Å². The summed E-state index contributed by atoms with van der Waals surface area (Å²) in [5.41, 5.74) is 3.31. The summed E-state index contributed by atoms with van der Waals surface area (Å²) in [7, 11) is 0. The van der Waals surface area contributed by atoms with Gasteiger partial charge in [-0.2, -0.15) is 0 Å². The molecule has 2 aromatic carbocycles. The number of carbonyl (C=O) groups excluding carboxylic acids is 1. The molecular formula is C20H22FNO2. The molecule has 2 aromatic rings. The molecule has 126 valence electrons. The Hall–Kier alpha value is -2.20. The van der Waals surface area contributed by atoms with Gasteiger partial charge in [0, 0.05) is 13.0 Å². The summed E-state index contributed by atoms with van der Waals surface area (Å²) >= 11 is 0. The van der Waals surface area contributed by atoms with Crippen LogP contribution in [0.5, 0.6) is 0 Å². The average molecular weight is 327 g/mol. The largest absolute Gasteiger partial charge is 0.370 e. The van der Waals surface area contributed by atoms with E-state index in [0.29, 0.717) is 26.1 Å². The van der Waals surface area contributed by atoms with Gasteiger partial charge in [0.15, 0.2) is 0 Å². The molecule has 1 aliphatic heterocycles. The van der Waals surface area contributed by atoms with Gasteiger partial charge in [0.2, 0.25) is 5.91 Å². The highest BCUT2D eigenvalue weighted by Gasteiger charge is 2.25. The van der Waals surface area contributed by atoms with Crippen LogP contribution >= 0.6 is 0 Å². The molecule has 1 saturated heterocycles. The fourth-order valence-electron chi connectivity index (χ4n) is 2.92. The third kappa shape index (κ3) is 4.20. The standard InChI is InChI=1S/C20H22FNO2/c1-15-2-4-16(5-3-15)6-11-20(23)22-12-13-24-19(14-22)17-7-9-18(21)10-8-17/h2-5,7-10,19H,6,11-14H2,1H3. The van der Waals surface area contributed by atoms with E-state index in [9.17, 15) is 9.18 Å². The molecule has 0 N–H and O–H groups in total. The van der Waals surface area contributed by atoms with Crippen LogP contribution in [0.4, 0.5) is 4.39 Å². The zero-order chi connectivity index (χ0) is 16.9. The minimum atomic E-state index is -0.263. The molecule has 0 aromatic heterocycles. The Morgan fingerprint density at radius 1 is 1.17 bits per heavy atom. The minimum Gasteiger partial charge on any atom is -0.370 e. The minimum absolute atomic E-state index is 0.144. The van der Waals surface area contributed by atoms with Gasteiger partial charge in [0.25, 0.3) is 0 Å². The molecule has 3 nitrogen and oxygen atoms in total. The number of aryl methyl sites for hydroxylation is 2. The lowest BCUT2D eigenvalue weighted by Gasteiger charge is -2.33. The highest BCUT2D eigenvalue weighted by molar-refractivity contribution is 5.76. The molecular weight excluding hydrogens is 305 g/mol. The number of carbonyl (C=O) groups is 1. The summed E-state index contributed by atoms with van der Waals surface area (Å²) in [6.45, 7) is 3.71. The maximum atomic E-state index is 13.0. The molecule has 0 spiro atoms. The molecule has 3 rings (SSSR count). The van der Waals surface area contributed by atoms with E-state index < -0.39 is 0 Å². The Kier molecular flexibility index (Phi) is 5.26. The van der Waals surface area contributed by atoms with Crippen molar-refractivity contribution < 1.29 is 13.9 Å². The van der Waals surface area contributed by atoms with Gasteiger partial charge < -0.3 is 9.64 Å². The lowest BCUT2D eigenvalue weighted by atomic mass is 10.1. The van der Waals surface area contributed by atoms with E-state index in [4.69, 9.17) is 4.74 Å². The van der Waals surface area contributed by atoms with Crippen LogP contribution in [0.1, 0.15) is 29.2 Å². The van der Waals surface area contributed by atoms with Crippen molar-refractivity contribution in [3.8, 4) is 0 Å². The number of rotatable bonds is 4. The SMILES string of the molecule is Cc1ccc(CCC(=O)N2CCOC(c3ccc(F)cc3)C2)cc1. The molecule has 1 atom stereocenters. The van der Waals surface area contributed by atoms with Crippen LogP contribution in [0, 0.1) is 12.7 Å². The van der Waals surface area contributed by atoms with Crippen LogP contribution in [0.25, 0.3) is 0 Å². The van der Waals surface area contributed by atoms with Crippen molar-refractivity contribution in [3.05, 3.63) is 71.0 Å². The van der Waals surface area contributed by atoms with Gasteiger partial charge in [-0.1, -0.05) is 42.0 Å².